The molecular weight excluding hydrogens is 226 g/mol. The molecule has 18 heavy (non-hydrogen) atoms. The highest BCUT2D eigenvalue weighted by atomic mass is 16.1. The van der Waals surface area contributed by atoms with Gasteiger partial charge in [0.2, 0.25) is 0 Å². The number of anilines is 1. The number of aromatic nitrogens is 1. The summed E-state index contributed by atoms with van der Waals surface area (Å²) in [6.07, 6.45) is 5.26. The van der Waals surface area contributed by atoms with Crippen molar-refractivity contribution in [2.45, 2.75) is 33.1 Å². The Morgan fingerprint density at radius 1 is 1.44 bits per heavy atom. The molecule has 0 aliphatic heterocycles. The van der Waals surface area contributed by atoms with E-state index in [2.05, 4.69) is 22.5 Å². The van der Waals surface area contributed by atoms with Gasteiger partial charge < -0.3 is 10.6 Å². The Morgan fingerprint density at radius 3 is 2.83 bits per heavy atom. The lowest BCUT2D eigenvalue weighted by atomic mass is 10.0. The highest BCUT2D eigenvalue weighted by Crippen LogP contribution is 2.47. The summed E-state index contributed by atoms with van der Waals surface area (Å²) in [6.45, 7) is 5.82. The molecule has 1 heterocycles. The molecule has 2 rings (SSSR count). The minimum Gasteiger partial charge on any atom is -0.385 e. The van der Waals surface area contributed by atoms with Crippen LogP contribution in [-0.2, 0) is 0 Å². The third-order valence-corrected chi connectivity index (χ3v) is 3.70. The van der Waals surface area contributed by atoms with E-state index in [0.29, 0.717) is 11.1 Å². The largest absolute Gasteiger partial charge is 0.385 e. The van der Waals surface area contributed by atoms with Gasteiger partial charge in [0.1, 0.15) is 5.69 Å². The summed E-state index contributed by atoms with van der Waals surface area (Å²) in [5.41, 5.74) is 1.80. The first-order chi connectivity index (χ1) is 8.69. The minimum absolute atomic E-state index is 0.0746. The topological polar surface area (TPSA) is 54.0 Å². The summed E-state index contributed by atoms with van der Waals surface area (Å²) in [5, 5.41) is 6.17. The lowest BCUT2D eigenvalue weighted by Crippen LogP contribution is -2.30. The van der Waals surface area contributed by atoms with Gasteiger partial charge in [-0.15, -0.1) is 0 Å². The number of amides is 1. The standard InChI is InChI=1S/C14H21N3O/c1-3-14(6-7-14)10-17-13(18)12-9-11(15-4-2)5-8-16-12/h5,8-9H,3-4,6-7,10H2,1-2H3,(H,15,16)(H,17,18). The molecule has 2 N–H and O–H groups in total. The van der Waals surface area contributed by atoms with E-state index in [1.165, 1.54) is 12.8 Å². The van der Waals surface area contributed by atoms with Crippen LogP contribution in [0.15, 0.2) is 18.3 Å². The van der Waals surface area contributed by atoms with Gasteiger partial charge in [-0.05, 0) is 43.7 Å². The molecule has 1 aromatic heterocycles. The van der Waals surface area contributed by atoms with Crippen molar-refractivity contribution in [1.29, 1.82) is 0 Å². The van der Waals surface area contributed by atoms with Gasteiger partial charge >= 0.3 is 0 Å². The molecule has 1 amide bonds. The van der Waals surface area contributed by atoms with Gasteiger partial charge in [0.15, 0.2) is 0 Å². The molecule has 0 spiro atoms. The summed E-state index contributed by atoms with van der Waals surface area (Å²) in [6, 6.07) is 3.67. The van der Waals surface area contributed by atoms with Crippen molar-refractivity contribution in [1.82, 2.24) is 10.3 Å². The van der Waals surface area contributed by atoms with Crippen LogP contribution in [0.3, 0.4) is 0 Å². The van der Waals surface area contributed by atoms with Crippen molar-refractivity contribution < 1.29 is 4.79 Å². The first-order valence-electron chi connectivity index (χ1n) is 6.67. The second-order valence-corrected chi connectivity index (χ2v) is 5.00. The number of pyridine rings is 1. The van der Waals surface area contributed by atoms with E-state index in [1.807, 2.05) is 13.0 Å². The molecule has 0 atom stereocenters. The summed E-state index contributed by atoms with van der Waals surface area (Å²) in [7, 11) is 0. The number of carbonyl (C=O) groups excluding carboxylic acids is 1. The molecule has 0 bridgehead atoms. The summed E-state index contributed by atoms with van der Waals surface area (Å²) >= 11 is 0. The van der Waals surface area contributed by atoms with Crippen LogP contribution in [0, 0.1) is 5.41 Å². The molecule has 98 valence electrons. The molecule has 0 unspecified atom stereocenters. The minimum atomic E-state index is -0.0746. The van der Waals surface area contributed by atoms with Crippen molar-refractivity contribution >= 4 is 11.6 Å². The van der Waals surface area contributed by atoms with E-state index in [1.54, 1.807) is 12.3 Å². The molecular formula is C14H21N3O. The average Bonchev–Trinajstić information content (AvgIpc) is 3.17. The van der Waals surface area contributed by atoms with Crippen molar-refractivity contribution in [3.63, 3.8) is 0 Å². The molecule has 4 nitrogen and oxygen atoms in total. The van der Waals surface area contributed by atoms with Crippen LogP contribution in [0.2, 0.25) is 0 Å². The zero-order valence-corrected chi connectivity index (χ0v) is 11.1. The van der Waals surface area contributed by atoms with E-state index in [4.69, 9.17) is 0 Å². The molecule has 1 aromatic rings. The van der Waals surface area contributed by atoms with Gasteiger partial charge in [0.25, 0.3) is 5.91 Å². The van der Waals surface area contributed by atoms with Crippen LogP contribution in [0.25, 0.3) is 0 Å². The van der Waals surface area contributed by atoms with Gasteiger partial charge in [0, 0.05) is 25.0 Å². The molecule has 0 aromatic carbocycles. The van der Waals surface area contributed by atoms with Gasteiger partial charge in [-0.2, -0.15) is 0 Å². The first kappa shape index (κ1) is 12.9. The van der Waals surface area contributed by atoms with E-state index in [0.717, 1.165) is 25.2 Å². The highest BCUT2D eigenvalue weighted by Gasteiger charge is 2.40. The fourth-order valence-electron chi connectivity index (χ4n) is 2.06. The fourth-order valence-corrected chi connectivity index (χ4v) is 2.06. The summed E-state index contributed by atoms with van der Waals surface area (Å²) in [4.78, 5) is 16.1. The van der Waals surface area contributed by atoms with Crippen molar-refractivity contribution in [2.75, 3.05) is 18.4 Å². The number of hydrogen-bond donors (Lipinski definition) is 2. The molecule has 1 fully saturated rings. The monoisotopic (exact) mass is 247 g/mol. The predicted molar refractivity (Wildman–Crippen MR) is 72.7 cm³/mol. The van der Waals surface area contributed by atoms with Crippen molar-refractivity contribution in [3.05, 3.63) is 24.0 Å². The second-order valence-electron chi connectivity index (χ2n) is 5.00. The summed E-state index contributed by atoms with van der Waals surface area (Å²) < 4.78 is 0. The lowest BCUT2D eigenvalue weighted by molar-refractivity contribution is 0.0939. The molecule has 0 radical (unpaired) electrons. The zero-order valence-electron chi connectivity index (χ0n) is 11.1. The van der Waals surface area contributed by atoms with Crippen LogP contribution in [0.4, 0.5) is 5.69 Å². The van der Waals surface area contributed by atoms with Crippen LogP contribution in [0.1, 0.15) is 43.6 Å². The first-order valence-corrected chi connectivity index (χ1v) is 6.67. The number of nitrogens with zero attached hydrogens (tertiary/aromatic N) is 1. The van der Waals surface area contributed by atoms with Gasteiger partial charge in [-0.3, -0.25) is 9.78 Å². The van der Waals surface area contributed by atoms with Crippen LogP contribution in [0.5, 0.6) is 0 Å². The van der Waals surface area contributed by atoms with E-state index in [9.17, 15) is 4.79 Å². The Bertz CT molecular complexity index is 427. The third kappa shape index (κ3) is 3.00. The Labute approximate surface area is 108 Å². The van der Waals surface area contributed by atoms with Crippen molar-refractivity contribution in [3.8, 4) is 0 Å². The Morgan fingerprint density at radius 2 is 2.22 bits per heavy atom. The lowest BCUT2D eigenvalue weighted by Gasteiger charge is -2.13. The molecule has 1 aliphatic carbocycles. The van der Waals surface area contributed by atoms with E-state index < -0.39 is 0 Å². The highest BCUT2D eigenvalue weighted by molar-refractivity contribution is 5.93. The predicted octanol–water partition coefficient (Wildman–Crippen LogP) is 2.43. The van der Waals surface area contributed by atoms with Crippen LogP contribution in [-0.4, -0.2) is 24.0 Å². The number of rotatable bonds is 6. The molecule has 0 saturated heterocycles. The second kappa shape index (κ2) is 5.38. The molecule has 1 saturated carbocycles. The van der Waals surface area contributed by atoms with Gasteiger partial charge in [-0.25, -0.2) is 0 Å². The number of carbonyl (C=O) groups is 1. The van der Waals surface area contributed by atoms with Gasteiger partial charge in [-0.1, -0.05) is 6.92 Å². The Balaban J connectivity index is 1.93. The maximum Gasteiger partial charge on any atom is 0.269 e. The van der Waals surface area contributed by atoms with Crippen molar-refractivity contribution in [2.24, 2.45) is 5.41 Å². The number of hydrogen-bond acceptors (Lipinski definition) is 3. The van der Waals surface area contributed by atoms with Crippen LogP contribution >= 0.6 is 0 Å². The average molecular weight is 247 g/mol. The van der Waals surface area contributed by atoms with Gasteiger partial charge in [0.05, 0.1) is 0 Å². The molecule has 4 heteroatoms. The van der Waals surface area contributed by atoms with E-state index in [-0.39, 0.29) is 5.91 Å². The Kier molecular flexibility index (Phi) is 3.84. The quantitative estimate of drug-likeness (QED) is 0.811. The maximum atomic E-state index is 12.0. The SMILES string of the molecule is CCNc1ccnc(C(=O)NCC2(CC)CC2)c1. The fraction of sp³-hybridized carbons (Fsp3) is 0.571. The zero-order chi connectivity index (χ0) is 13.0. The molecule has 1 aliphatic rings. The third-order valence-electron chi connectivity index (χ3n) is 3.70. The maximum absolute atomic E-state index is 12.0. The smallest absolute Gasteiger partial charge is 0.269 e. The summed E-state index contributed by atoms with van der Waals surface area (Å²) in [5.74, 6) is -0.0746. The van der Waals surface area contributed by atoms with Crippen LogP contribution < -0.4 is 10.6 Å². The van der Waals surface area contributed by atoms with E-state index >= 15 is 0 Å². The Hall–Kier alpha value is -1.58. The number of nitrogens with one attached hydrogen (secondary N) is 2. The normalized spacial score (nSPS) is 16.1.